The van der Waals surface area contributed by atoms with Crippen LogP contribution in [0.1, 0.15) is 0 Å². The number of nitrogen functional groups attached to an aromatic ring is 1. The van der Waals surface area contributed by atoms with Crippen LogP contribution >= 0.6 is 0 Å². The van der Waals surface area contributed by atoms with Gasteiger partial charge in [0.05, 0.1) is 6.26 Å². The van der Waals surface area contributed by atoms with Crippen LogP contribution < -0.4 is 5.73 Å². The van der Waals surface area contributed by atoms with E-state index in [0.29, 0.717) is 22.9 Å². The van der Waals surface area contributed by atoms with Crippen LogP contribution in [0.5, 0.6) is 0 Å². The van der Waals surface area contributed by atoms with Crippen molar-refractivity contribution in [2.45, 2.75) is 0 Å². The first-order valence-corrected chi connectivity index (χ1v) is 6.44. The van der Waals surface area contributed by atoms with Gasteiger partial charge < -0.3 is 10.2 Å². The third-order valence-corrected chi connectivity index (χ3v) is 3.15. The topological polar surface area (TPSA) is 82.2 Å². The summed E-state index contributed by atoms with van der Waals surface area (Å²) in [4.78, 5) is 8.81. The number of aromatic nitrogens is 4. The number of furan rings is 1. The van der Waals surface area contributed by atoms with Gasteiger partial charge in [-0.05, 0) is 12.1 Å². The molecule has 0 saturated carbocycles. The lowest BCUT2D eigenvalue weighted by atomic mass is 10.2. The molecule has 3 aromatic heterocycles. The average molecular weight is 277 g/mol. The molecule has 0 aliphatic heterocycles. The predicted octanol–water partition coefficient (Wildman–Crippen LogP) is 2.63. The van der Waals surface area contributed by atoms with Crippen molar-refractivity contribution < 1.29 is 4.42 Å². The minimum absolute atomic E-state index is 0.289. The van der Waals surface area contributed by atoms with Gasteiger partial charge in [-0.2, -0.15) is 14.6 Å². The molecule has 0 amide bonds. The Kier molecular flexibility index (Phi) is 2.47. The van der Waals surface area contributed by atoms with Gasteiger partial charge in [-0.25, -0.2) is 4.98 Å². The van der Waals surface area contributed by atoms with E-state index in [1.807, 2.05) is 48.5 Å². The van der Waals surface area contributed by atoms with E-state index in [0.717, 1.165) is 5.56 Å². The SMILES string of the molecule is Nc1nc(-c2ccccc2)nc2cc(-c3ccco3)nn12. The molecule has 1 aromatic carbocycles. The minimum Gasteiger partial charge on any atom is -0.463 e. The molecule has 0 spiro atoms. The number of rotatable bonds is 2. The van der Waals surface area contributed by atoms with Gasteiger partial charge in [-0.1, -0.05) is 30.3 Å². The fraction of sp³-hybridized carbons (Fsp3) is 0. The summed E-state index contributed by atoms with van der Waals surface area (Å²) >= 11 is 0. The molecule has 6 heteroatoms. The molecule has 21 heavy (non-hydrogen) atoms. The van der Waals surface area contributed by atoms with E-state index < -0.39 is 0 Å². The Labute approximate surface area is 119 Å². The van der Waals surface area contributed by atoms with Gasteiger partial charge in [-0.3, -0.25) is 0 Å². The summed E-state index contributed by atoms with van der Waals surface area (Å²) in [5, 5.41) is 4.36. The van der Waals surface area contributed by atoms with Crippen molar-refractivity contribution in [3.05, 3.63) is 54.8 Å². The van der Waals surface area contributed by atoms with Gasteiger partial charge in [0, 0.05) is 11.6 Å². The zero-order chi connectivity index (χ0) is 14.2. The van der Waals surface area contributed by atoms with Gasteiger partial charge in [0.25, 0.3) is 0 Å². The summed E-state index contributed by atoms with van der Waals surface area (Å²) in [5.74, 6) is 1.53. The Balaban J connectivity index is 1.90. The Hall–Kier alpha value is -3.15. The standard InChI is InChI=1S/C15H11N5O/c16-15-18-14(10-5-2-1-3-6-10)17-13-9-11(19-20(13)15)12-7-4-8-21-12/h1-9H,(H2,16,17,18). The van der Waals surface area contributed by atoms with Crippen molar-refractivity contribution in [1.29, 1.82) is 0 Å². The largest absolute Gasteiger partial charge is 0.463 e. The second kappa shape index (κ2) is 4.45. The van der Waals surface area contributed by atoms with E-state index in [1.54, 1.807) is 6.26 Å². The van der Waals surface area contributed by atoms with Crippen LogP contribution in [0, 0.1) is 0 Å². The van der Waals surface area contributed by atoms with E-state index >= 15 is 0 Å². The lowest BCUT2D eigenvalue weighted by Gasteiger charge is -2.02. The summed E-state index contributed by atoms with van der Waals surface area (Å²) in [6.45, 7) is 0. The quantitative estimate of drug-likeness (QED) is 0.609. The number of hydrogen-bond donors (Lipinski definition) is 1. The van der Waals surface area contributed by atoms with E-state index in [-0.39, 0.29) is 5.95 Å². The van der Waals surface area contributed by atoms with Crippen LogP contribution in [0.4, 0.5) is 5.95 Å². The molecule has 0 bridgehead atoms. The van der Waals surface area contributed by atoms with Crippen molar-refractivity contribution >= 4 is 11.6 Å². The second-order valence-electron chi connectivity index (χ2n) is 4.55. The Bertz CT molecular complexity index is 897. The highest BCUT2D eigenvalue weighted by molar-refractivity contribution is 5.64. The molecular weight excluding hydrogens is 266 g/mol. The molecule has 0 unspecified atom stereocenters. The number of nitrogens with two attached hydrogens (primary N) is 1. The Morgan fingerprint density at radius 3 is 2.62 bits per heavy atom. The molecule has 3 heterocycles. The maximum Gasteiger partial charge on any atom is 0.225 e. The van der Waals surface area contributed by atoms with Gasteiger partial charge in [0.1, 0.15) is 5.69 Å². The zero-order valence-corrected chi connectivity index (χ0v) is 11.0. The van der Waals surface area contributed by atoms with E-state index in [4.69, 9.17) is 10.2 Å². The molecule has 6 nitrogen and oxygen atoms in total. The van der Waals surface area contributed by atoms with E-state index in [9.17, 15) is 0 Å². The molecular formula is C15H11N5O. The fourth-order valence-electron chi connectivity index (χ4n) is 2.17. The number of nitrogens with zero attached hydrogens (tertiary/aromatic N) is 4. The lowest BCUT2D eigenvalue weighted by Crippen LogP contribution is -2.05. The lowest BCUT2D eigenvalue weighted by molar-refractivity contribution is 0.579. The first-order chi connectivity index (χ1) is 10.3. The number of anilines is 1. The molecule has 0 radical (unpaired) electrons. The zero-order valence-electron chi connectivity index (χ0n) is 11.0. The van der Waals surface area contributed by atoms with Crippen molar-refractivity contribution in [3.8, 4) is 22.8 Å². The molecule has 102 valence electrons. The maximum absolute atomic E-state index is 5.98. The summed E-state index contributed by atoms with van der Waals surface area (Å²) in [6.07, 6.45) is 1.60. The second-order valence-corrected chi connectivity index (χ2v) is 4.55. The van der Waals surface area contributed by atoms with E-state index in [2.05, 4.69) is 15.1 Å². The van der Waals surface area contributed by atoms with Crippen LogP contribution in [0.3, 0.4) is 0 Å². The average Bonchev–Trinajstić information content (AvgIpc) is 3.17. The summed E-state index contributed by atoms with van der Waals surface area (Å²) < 4.78 is 6.84. The van der Waals surface area contributed by atoms with E-state index in [1.165, 1.54) is 4.52 Å². The monoisotopic (exact) mass is 277 g/mol. The summed E-state index contributed by atoms with van der Waals surface area (Å²) in [6, 6.07) is 15.2. The van der Waals surface area contributed by atoms with Gasteiger partial charge in [0.2, 0.25) is 5.95 Å². The summed E-state index contributed by atoms with van der Waals surface area (Å²) in [7, 11) is 0. The first-order valence-electron chi connectivity index (χ1n) is 6.44. The van der Waals surface area contributed by atoms with Gasteiger partial charge in [0.15, 0.2) is 17.2 Å². The third-order valence-electron chi connectivity index (χ3n) is 3.15. The molecule has 0 fully saturated rings. The van der Waals surface area contributed by atoms with Gasteiger partial charge >= 0.3 is 0 Å². The molecule has 0 saturated heterocycles. The highest BCUT2D eigenvalue weighted by atomic mass is 16.3. The van der Waals surface area contributed by atoms with Crippen LogP contribution in [0.15, 0.2) is 59.2 Å². The third kappa shape index (κ3) is 1.93. The Morgan fingerprint density at radius 1 is 1.00 bits per heavy atom. The molecule has 4 aromatic rings. The smallest absolute Gasteiger partial charge is 0.225 e. The van der Waals surface area contributed by atoms with Crippen molar-refractivity contribution in [3.63, 3.8) is 0 Å². The van der Waals surface area contributed by atoms with Crippen molar-refractivity contribution in [2.24, 2.45) is 0 Å². The maximum atomic E-state index is 5.98. The van der Waals surface area contributed by atoms with Gasteiger partial charge in [-0.15, -0.1) is 0 Å². The predicted molar refractivity (Wildman–Crippen MR) is 78.3 cm³/mol. The van der Waals surface area contributed by atoms with Crippen LogP contribution in [-0.4, -0.2) is 19.6 Å². The highest BCUT2D eigenvalue weighted by Gasteiger charge is 2.12. The molecule has 0 aliphatic carbocycles. The normalized spacial score (nSPS) is 11.0. The number of hydrogen-bond acceptors (Lipinski definition) is 5. The highest BCUT2D eigenvalue weighted by Crippen LogP contribution is 2.22. The minimum atomic E-state index is 0.289. The Morgan fingerprint density at radius 2 is 1.86 bits per heavy atom. The summed E-state index contributed by atoms with van der Waals surface area (Å²) in [5.41, 5.74) is 8.19. The van der Waals surface area contributed by atoms with Crippen LogP contribution in [-0.2, 0) is 0 Å². The van der Waals surface area contributed by atoms with Crippen molar-refractivity contribution in [1.82, 2.24) is 19.6 Å². The van der Waals surface area contributed by atoms with Crippen LogP contribution in [0.2, 0.25) is 0 Å². The fourth-order valence-corrected chi connectivity index (χ4v) is 2.17. The van der Waals surface area contributed by atoms with Crippen LogP contribution in [0.25, 0.3) is 28.5 Å². The van der Waals surface area contributed by atoms with Crippen molar-refractivity contribution in [2.75, 3.05) is 5.73 Å². The first kappa shape index (κ1) is 11.7. The molecule has 0 aliphatic rings. The molecule has 0 atom stereocenters. The number of fused-ring (bicyclic) bond motifs is 1. The molecule has 2 N–H and O–H groups in total. The molecule has 4 rings (SSSR count). The number of benzene rings is 1.